The number of ether oxygens (including phenoxy) is 1. The molecule has 144 valence electrons. The van der Waals surface area contributed by atoms with E-state index >= 15 is 0 Å². The number of aromatic nitrogens is 2. The number of nitrogens with two attached hydrogens (primary N) is 1. The fourth-order valence-electron chi connectivity index (χ4n) is 3.22. The molecule has 1 amide bonds. The summed E-state index contributed by atoms with van der Waals surface area (Å²) >= 11 is 0. The number of rotatable bonds is 5. The number of carbonyl (C=O) groups is 2. The molecule has 1 heterocycles. The molecule has 1 fully saturated rings. The van der Waals surface area contributed by atoms with Crippen LogP contribution in [0.2, 0.25) is 0 Å². The van der Waals surface area contributed by atoms with E-state index in [9.17, 15) is 14.7 Å². The van der Waals surface area contributed by atoms with Gasteiger partial charge in [0.1, 0.15) is 11.9 Å². The number of benzene rings is 1. The van der Waals surface area contributed by atoms with E-state index in [0.717, 1.165) is 6.42 Å². The number of carboxylic acid groups (broad SMARTS) is 1. The van der Waals surface area contributed by atoms with Gasteiger partial charge in [0.2, 0.25) is 11.8 Å². The van der Waals surface area contributed by atoms with Crippen molar-refractivity contribution < 1.29 is 19.4 Å². The smallest absolute Gasteiger partial charge is 0.345 e. The molecule has 9 nitrogen and oxygen atoms in total. The van der Waals surface area contributed by atoms with Crippen LogP contribution in [-0.2, 0) is 4.79 Å². The fourth-order valence-corrected chi connectivity index (χ4v) is 3.22. The van der Waals surface area contributed by atoms with Crippen LogP contribution in [-0.4, -0.2) is 39.1 Å². The normalized spacial score (nSPS) is 18.3. The summed E-state index contributed by atoms with van der Waals surface area (Å²) in [5.74, 6) is -1.58. The first kappa shape index (κ1) is 19.1. The zero-order valence-corrected chi connectivity index (χ0v) is 15.2. The predicted molar refractivity (Wildman–Crippen MR) is 99.4 cm³/mol. The lowest BCUT2D eigenvalue weighted by Gasteiger charge is -2.17. The maximum atomic E-state index is 11.6. The molecular weight excluding hydrogens is 362 g/mol. The monoisotopic (exact) mass is 381 g/mol. The zero-order chi connectivity index (χ0) is 20.3. The summed E-state index contributed by atoms with van der Waals surface area (Å²) < 4.78 is 5.85. The number of hydrogen-bond acceptors (Lipinski definition) is 7. The van der Waals surface area contributed by atoms with E-state index in [-0.39, 0.29) is 41.1 Å². The van der Waals surface area contributed by atoms with Crippen LogP contribution in [0.5, 0.6) is 5.88 Å². The van der Waals surface area contributed by atoms with E-state index in [4.69, 9.17) is 15.7 Å². The lowest BCUT2D eigenvalue weighted by atomic mass is 10.1. The summed E-state index contributed by atoms with van der Waals surface area (Å²) in [5, 5.41) is 21.4. The summed E-state index contributed by atoms with van der Waals surface area (Å²) in [6.07, 6.45) is 1.61. The molecule has 1 saturated carbocycles. The molecule has 1 aliphatic rings. The van der Waals surface area contributed by atoms with Crippen molar-refractivity contribution in [3.05, 3.63) is 35.4 Å². The van der Waals surface area contributed by atoms with Crippen LogP contribution in [0.25, 0.3) is 11.4 Å². The van der Waals surface area contributed by atoms with Gasteiger partial charge in [-0.1, -0.05) is 12.1 Å². The topological polar surface area (TPSA) is 151 Å². The minimum atomic E-state index is -1.29. The molecule has 0 aliphatic heterocycles. The molecular formula is C19H19N5O4. The second-order valence-electron chi connectivity index (χ2n) is 6.56. The summed E-state index contributed by atoms with van der Waals surface area (Å²) in [4.78, 5) is 31.2. The molecule has 9 heteroatoms. The van der Waals surface area contributed by atoms with Crippen LogP contribution in [0.15, 0.2) is 24.3 Å². The van der Waals surface area contributed by atoms with E-state index in [0.29, 0.717) is 24.0 Å². The van der Waals surface area contributed by atoms with E-state index in [2.05, 4.69) is 15.3 Å². The number of aromatic carboxylic acids is 1. The largest absolute Gasteiger partial charge is 0.477 e. The van der Waals surface area contributed by atoms with E-state index < -0.39 is 5.97 Å². The quantitative estimate of drug-likeness (QED) is 0.708. The number of anilines is 1. The van der Waals surface area contributed by atoms with Gasteiger partial charge in [0, 0.05) is 24.9 Å². The van der Waals surface area contributed by atoms with Crippen molar-refractivity contribution >= 4 is 17.7 Å². The second-order valence-corrected chi connectivity index (χ2v) is 6.56. The van der Waals surface area contributed by atoms with Crippen LogP contribution in [0.4, 0.5) is 5.82 Å². The van der Waals surface area contributed by atoms with Crippen LogP contribution in [0, 0.1) is 11.3 Å². The highest BCUT2D eigenvalue weighted by Crippen LogP contribution is 2.30. The molecule has 1 aromatic heterocycles. The first-order valence-electron chi connectivity index (χ1n) is 8.72. The van der Waals surface area contributed by atoms with Crippen molar-refractivity contribution in [2.45, 2.75) is 38.3 Å². The molecule has 1 aromatic carbocycles. The standard InChI is InChI=1S/C19H19N5O4/c1-10(25)22-13-5-6-14(8-13)28-18-15(19(26)27)16(21)23-17(24-18)12-4-2-3-11(7-12)9-20/h2-4,7,13-14H,5-6,8H2,1H3,(H,22,25)(H,26,27)(H2,21,23,24)/t13-,14+/m1/s1. The van der Waals surface area contributed by atoms with Crippen LogP contribution in [0.1, 0.15) is 42.1 Å². The molecule has 0 unspecified atom stereocenters. The third kappa shape index (κ3) is 4.17. The SMILES string of the molecule is CC(=O)N[C@@H]1CC[C@H](Oc2nc(-c3cccc(C#N)c3)nc(N)c2C(=O)O)C1. The Bertz CT molecular complexity index is 969. The van der Waals surface area contributed by atoms with Gasteiger partial charge in [0.15, 0.2) is 11.4 Å². The molecule has 0 spiro atoms. The average molecular weight is 381 g/mol. The predicted octanol–water partition coefficient (Wildman–Crippen LogP) is 1.73. The van der Waals surface area contributed by atoms with Gasteiger partial charge in [-0.2, -0.15) is 10.2 Å². The zero-order valence-electron chi connectivity index (χ0n) is 15.2. The second kappa shape index (κ2) is 7.92. The minimum absolute atomic E-state index is 0.0262. The van der Waals surface area contributed by atoms with Crippen molar-refractivity contribution in [1.82, 2.24) is 15.3 Å². The van der Waals surface area contributed by atoms with Crippen LogP contribution >= 0.6 is 0 Å². The minimum Gasteiger partial charge on any atom is -0.477 e. The lowest BCUT2D eigenvalue weighted by Crippen LogP contribution is -2.31. The highest BCUT2D eigenvalue weighted by Gasteiger charge is 2.30. The summed E-state index contributed by atoms with van der Waals surface area (Å²) in [6, 6.07) is 8.59. The number of amides is 1. The Labute approximate surface area is 161 Å². The van der Waals surface area contributed by atoms with E-state index in [1.807, 2.05) is 6.07 Å². The molecule has 2 atom stereocenters. The van der Waals surface area contributed by atoms with Gasteiger partial charge in [-0.15, -0.1) is 0 Å². The fraction of sp³-hybridized carbons (Fsp3) is 0.316. The van der Waals surface area contributed by atoms with Gasteiger partial charge in [0.25, 0.3) is 0 Å². The number of nitrogens with zero attached hydrogens (tertiary/aromatic N) is 3. The Balaban J connectivity index is 1.92. The third-order valence-electron chi connectivity index (χ3n) is 4.44. The highest BCUT2D eigenvalue weighted by atomic mass is 16.5. The Morgan fingerprint density at radius 3 is 2.82 bits per heavy atom. The molecule has 0 saturated heterocycles. The van der Waals surface area contributed by atoms with Gasteiger partial charge in [-0.25, -0.2) is 9.78 Å². The molecule has 0 radical (unpaired) electrons. The van der Waals surface area contributed by atoms with Crippen molar-refractivity contribution in [2.24, 2.45) is 0 Å². The third-order valence-corrected chi connectivity index (χ3v) is 4.44. The van der Waals surface area contributed by atoms with Gasteiger partial charge in [0.05, 0.1) is 11.6 Å². The first-order chi connectivity index (χ1) is 13.4. The number of nitriles is 1. The highest BCUT2D eigenvalue weighted by molar-refractivity contribution is 5.95. The summed E-state index contributed by atoms with van der Waals surface area (Å²) in [5.41, 5.74) is 6.50. The maximum Gasteiger partial charge on any atom is 0.345 e. The number of carbonyl (C=O) groups excluding carboxylic acids is 1. The molecule has 28 heavy (non-hydrogen) atoms. The Hall–Kier alpha value is -3.67. The van der Waals surface area contributed by atoms with Crippen LogP contribution in [0.3, 0.4) is 0 Å². The lowest BCUT2D eigenvalue weighted by molar-refractivity contribution is -0.119. The van der Waals surface area contributed by atoms with Crippen molar-refractivity contribution in [3.8, 4) is 23.3 Å². The Morgan fingerprint density at radius 1 is 1.36 bits per heavy atom. The number of nitrogens with one attached hydrogen (secondary N) is 1. The van der Waals surface area contributed by atoms with Gasteiger partial charge >= 0.3 is 5.97 Å². The number of nitrogen functional groups attached to an aromatic ring is 1. The van der Waals surface area contributed by atoms with Crippen molar-refractivity contribution in [3.63, 3.8) is 0 Å². The van der Waals surface area contributed by atoms with Crippen molar-refractivity contribution in [1.29, 1.82) is 5.26 Å². The van der Waals surface area contributed by atoms with E-state index in [1.54, 1.807) is 24.3 Å². The molecule has 2 aromatic rings. The molecule has 4 N–H and O–H groups in total. The van der Waals surface area contributed by atoms with Gasteiger partial charge in [-0.3, -0.25) is 4.79 Å². The number of hydrogen-bond donors (Lipinski definition) is 3. The Morgan fingerprint density at radius 2 is 2.14 bits per heavy atom. The molecule has 3 rings (SSSR count). The summed E-state index contributed by atoms with van der Waals surface area (Å²) in [7, 11) is 0. The van der Waals surface area contributed by atoms with Gasteiger partial charge < -0.3 is 20.9 Å². The van der Waals surface area contributed by atoms with Crippen LogP contribution < -0.4 is 15.8 Å². The maximum absolute atomic E-state index is 11.6. The number of carboxylic acids is 1. The molecule has 1 aliphatic carbocycles. The first-order valence-corrected chi connectivity index (χ1v) is 8.72. The van der Waals surface area contributed by atoms with Crippen molar-refractivity contribution in [2.75, 3.05) is 5.73 Å². The van der Waals surface area contributed by atoms with E-state index in [1.165, 1.54) is 6.92 Å². The average Bonchev–Trinajstić information content (AvgIpc) is 3.07. The summed E-state index contributed by atoms with van der Waals surface area (Å²) in [6.45, 7) is 1.45. The van der Waals surface area contributed by atoms with Gasteiger partial charge in [-0.05, 0) is 25.0 Å². The molecule has 0 bridgehead atoms. The Kier molecular flexibility index (Phi) is 5.40.